The van der Waals surface area contributed by atoms with E-state index in [4.69, 9.17) is 16.3 Å². The lowest BCUT2D eigenvalue weighted by atomic mass is 9.75. The lowest BCUT2D eigenvalue weighted by Gasteiger charge is -2.37. The third-order valence-electron chi connectivity index (χ3n) is 3.57. The zero-order valence-corrected chi connectivity index (χ0v) is 11.1. The van der Waals surface area contributed by atoms with Gasteiger partial charge in [-0.2, -0.15) is 0 Å². The molecule has 1 fully saturated rings. The van der Waals surface area contributed by atoms with Crippen molar-refractivity contribution in [2.45, 2.75) is 19.3 Å². The monoisotopic (exact) mass is 253 g/mol. The molecule has 1 saturated heterocycles. The van der Waals surface area contributed by atoms with Crippen LogP contribution < -0.4 is 5.32 Å². The maximum Gasteiger partial charge on any atom is 0.0471 e. The Bertz CT molecular complexity index is 355. The van der Waals surface area contributed by atoms with Crippen molar-refractivity contribution >= 4 is 11.6 Å². The summed E-state index contributed by atoms with van der Waals surface area (Å²) in [4.78, 5) is 0. The maximum absolute atomic E-state index is 6.04. The van der Waals surface area contributed by atoms with Crippen LogP contribution in [0.25, 0.3) is 0 Å². The molecule has 2 rings (SSSR count). The lowest BCUT2D eigenvalue weighted by Crippen LogP contribution is -2.39. The van der Waals surface area contributed by atoms with Crippen LogP contribution in [0.5, 0.6) is 0 Å². The molecule has 1 aromatic rings. The molecule has 0 unspecified atom stereocenters. The minimum absolute atomic E-state index is 0.331. The van der Waals surface area contributed by atoms with E-state index in [9.17, 15) is 0 Å². The Morgan fingerprint density at radius 2 is 2.12 bits per heavy atom. The first-order valence-electron chi connectivity index (χ1n) is 6.21. The van der Waals surface area contributed by atoms with Gasteiger partial charge < -0.3 is 10.1 Å². The van der Waals surface area contributed by atoms with Gasteiger partial charge in [0.1, 0.15) is 0 Å². The Morgan fingerprint density at radius 3 is 2.76 bits per heavy atom. The molecule has 0 bridgehead atoms. The van der Waals surface area contributed by atoms with E-state index in [0.717, 1.165) is 44.0 Å². The summed E-state index contributed by atoms with van der Waals surface area (Å²) < 4.78 is 5.48. The van der Waals surface area contributed by atoms with Gasteiger partial charge in [-0.25, -0.2) is 0 Å². The van der Waals surface area contributed by atoms with Gasteiger partial charge in [-0.1, -0.05) is 23.7 Å². The van der Waals surface area contributed by atoms with Crippen molar-refractivity contribution in [3.05, 3.63) is 34.9 Å². The van der Waals surface area contributed by atoms with Gasteiger partial charge in [-0.15, -0.1) is 0 Å². The summed E-state index contributed by atoms with van der Waals surface area (Å²) in [5.74, 6) is 0. The smallest absolute Gasteiger partial charge is 0.0471 e. The number of rotatable bonds is 4. The van der Waals surface area contributed by atoms with E-state index >= 15 is 0 Å². The van der Waals surface area contributed by atoms with Crippen LogP contribution in [0.2, 0.25) is 5.02 Å². The van der Waals surface area contributed by atoms with Crippen LogP contribution in [0.1, 0.15) is 18.4 Å². The molecule has 1 aliphatic heterocycles. The first-order valence-corrected chi connectivity index (χ1v) is 6.59. The second kappa shape index (κ2) is 5.85. The van der Waals surface area contributed by atoms with E-state index in [1.165, 1.54) is 5.56 Å². The minimum Gasteiger partial charge on any atom is -0.381 e. The topological polar surface area (TPSA) is 21.3 Å². The van der Waals surface area contributed by atoms with Crippen LogP contribution in [0.3, 0.4) is 0 Å². The number of halogens is 1. The predicted molar refractivity (Wildman–Crippen MR) is 71.6 cm³/mol. The van der Waals surface area contributed by atoms with Gasteiger partial charge in [0.2, 0.25) is 0 Å². The molecular weight excluding hydrogens is 234 g/mol. The van der Waals surface area contributed by atoms with Gasteiger partial charge in [0.15, 0.2) is 0 Å². The standard InChI is InChI=1S/C14H20ClNO/c1-16-11-14(5-7-17-8-6-14)10-12-3-2-4-13(15)9-12/h2-4,9,16H,5-8,10-11H2,1H3. The van der Waals surface area contributed by atoms with Crippen LogP contribution in [0, 0.1) is 5.41 Å². The molecule has 0 radical (unpaired) electrons. The summed E-state index contributed by atoms with van der Waals surface area (Å²) in [6.07, 6.45) is 3.33. The fraction of sp³-hybridized carbons (Fsp3) is 0.571. The van der Waals surface area contributed by atoms with E-state index in [1.807, 2.05) is 19.2 Å². The average molecular weight is 254 g/mol. The molecule has 1 heterocycles. The summed E-state index contributed by atoms with van der Waals surface area (Å²) in [5.41, 5.74) is 1.66. The molecule has 1 N–H and O–H groups in total. The molecule has 0 aliphatic carbocycles. The van der Waals surface area contributed by atoms with Crippen molar-refractivity contribution in [3.63, 3.8) is 0 Å². The van der Waals surface area contributed by atoms with Crippen LogP contribution in [0.4, 0.5) is 0 Å². The Kier molecular flexibility index (Phi) is 4.43. The number of hydrogen-bond donors (Lipinski definition) is 1. The zero-order valence-electron chi connectivity index (χ0n) is 10.3. The first-order chi connectivity index (χ1) is 8.24. The van der Waals surface area contributed by atoms with Gasteiger partial charge in [0.25, 0.3) is 0 Å². The van der Waals surface area contributed by atoms with Crippen molar-refractivity contribution in [1.29, 1.82) is 0 Å². The van der Waals surface area contributed by atoms with Crippen LogP contribution >= 0.6 is 11.6 Å². The molecule has 2 nitrogen and oxygen atoms in total. The lowest BCUT2D eigenvalue weighted by molar-refractivity contribution is 0.0158. The SMILES string of the molecule is CNCC1(Cc2cccc(Cl)c2)CCOCC1. The molecule has 0 aromatic heterocycles. The summed E-state index contributed by atoms with van der Waals surface area (Å²) in [6.45, 7) is 2.80. The van der Waals surface area contributed by atoms with Crippen molar-refractivity contribution in [1.82, 2.24) is 5.32 Å². The van der Waals surface area contributed by atoms with Crippen LogP contribution in [-0.4, -0.2) is 26.8 Å². The summed E-state index contributed by atoms with van der Waals surface area (Å²) in [7, 11) is 2.02. The van der Waals surface area contributed by atoms with E-state index in [2.05, 4.69) is 17.4 Å². The predicted octanol–water partition coefficient (Wildman–Crippen LogP) is 2.90. The molecule has 0 spiro atoms. The molecule has 17 heavy (non-hydrogen) atoms. The van der Waals surface area contributed by atoms with Gasteiger partial charge in [-0.05, 0) is 49.4 Å². The summed E-state index contributed by atoms with van der Waals surface area (Å²) in [5, 5.41) is 4.15. The molecule has 0 atom stereocenters. The highest BCUT2D eigenvalue weighted by Gasteiger charge is 2.32. The third kappa shape index (κ3) is 3.44. The van der Waals surface area contributed by atoms with E-state index in [1.54, 1.807) is 0 Å². The zero-order chi connectivity index (χ0) is 12.1. The Labute approximate surface area is 108 Å². The van der Waals surface area contributed by atoms with Crippen LogP contribution in [0.15, 0.2) is 24.3 Å². The average Bonchev–Trinajstić information content (AvgIpc) is 2.30. The van der Waals surface area contributed by atoms with Crippen molar-refractivity contribution in [3.8, 4) is 0 Å². The molecule has 0 amide bonds. The van der Waals surface area contributed by atoms with E-state index in [0.29, 0.717) is 5.41 Å². The molecule has 1 aliphatic rings. The Balaban J connectivity index is 2.11. The number of hydrogen-bond acceptors (Lipinski definition) is 2. The first kappa shape index (κ1) is 12.9. The van der Waals surface area contributed by atoms with Crippen molar-refractivity contribution in [2.24, 2.45) is 5.41 Å². The van der Waals surface area contributed by atoms with Gasteiger partial charge in [-0.3, -0.25) is 0 Å². The summed E-state index contributed by atoms with van der Waals surface area (Å²) >= 11 is 6.04. The van der Waals surface area contributed by atoms with Crippen molar-refractivity contribution < 1.29 is 4.74 Å². The van der Waals surface area contributed by atoms with Gasteiger partial charge in [0.05, 0.1) is 0 Å². The second-order valence-electron chi connectivity index (χ2n) is 4.95. The number of ether oxygens (including phenoxy) is 1. The van der Waals surface area contributed by atoms with E-state index < -0.39 is 0 Å². The highest BCUT2D eigenvalue weighted by atomic mass is 35.5. The quantitative estimate of drug-likeness (QED) is 0.891. The minimum atomic E-state index is 0.331. The summed E-state index contributed by atoms with van der Waals surface area (Å²) in [6, 6.07) is 8.21. The van der Waals surface area contributed by atoms with Gasteiger partial charge >= 0.3 is 0 Å². The second-order valence-corrected chi connectivity index (χ2v) is 5.39. The Morgan fingerprint density at radius 1 is 1.35 bits per heavy atom. The van der Waals surface area contributed by atoms with E-state index in [-0.39, 0.29) is 0 Å². The fourth-order valence-corrected chi connectivity index (χ4v) is 2.89. The molecule has 3 heteroatoms. The van der Waals surface area contributed by atoms with Gasteiger partial charge in [0, 0.05) is 24.8 Å². The number of nitrogens with one attached hydrogen (secondary N) is 1. The van der Waals surface area contributed by atoms with Crippen LogP contribution in [-0.2, 0) is 11.2 Å². The molecule has 94 valence electrons. The molecular formula is C14H20ClNO. The highest BCUT2D eigenvalue weighted by Crippen LogP contribution is 2.34. The van der Waals surface area contributed by atoms with Crippen molar-refractivity contribution in [2.75, 3.05) is 26.8 Å². The maximum atomic E-state index is 6.04. The molecule has 0 saturated carbocycles. The fourth-order valence-electron chi connectivity index (χ4n) is 2.68. The Hall–Kier alpha value is -0.570. The highest BCUT2D eigenvalue weighted by molar-refractivity contribution is 6.30. The molecule has 1 aromatic carbocycles. The largest absolute Gasteiger partial charge is 0.381 e. The third-order valence-corrected chi connectivity index (χ3v) is 3.81. The normalized spacial score (nSPS) is 19.2. The number of benzene rings is 1.